The lowest BCUT2D eigenvalue weighted by molar-refractivity contribution is -0.116. The molecule has 0 spiro atoms. The van der Waals surface area contributed by atoms with E-state index in [1.165, 1.54) is 28.0 Å². The van der Waals surface area contributed by atoms with Gasteiger partial charge in [0.25, 0.3) is 0 Å². The zero-order chi connectivity index (χ0) is 21.6. The maximum atomic E-state index is 12.9. The van der Waals surface area contributed by atoms with Crippen molar-refractivity contribution in [1.82, 2.24) is 4.98 Å². The van der Waals surface area contributed by atoms with Crippen LogP contribution in [-0.2, 0) is 11.2 Å². The van der Waals surface area contributed by atoms with Gasteiger partial charge in [-0.2, -0.15) is 0 Å². The van der Waals surface area contributed by atoms with Crippen molar-refractivity contribution in [3.8, 4) is 0 Å². The zero-order valence-electron chi connectivity index (χ0n) is 17.8. The van der Waals surface area contributed by atoms with Crippen molar-refractivity contribution in [2.24, 2.45) is 0 Å². The molecule has 1 amide bonds. The average molecular weight is 427 g/mol. The van der Waals surface area contributed by atoms with E-state index in [4.69, 9.17) is 0 Å². The van der Waals surface area contributed by atoms with Gasteiger partial charge >= 0.3 is 0 Å². The smallest absolute Gasteiger partial charge is 0.227 e. The van der Waals surface area contributed by atoms with Gasteiger partial charge in [0.05, 0.1) is 0 Å². The van der Waals surface area contributed by atoms with Crippen LogP contribution >= 0.6 is 11.3 Å². The number of nitrogens with zero attached hydrogens (tertiary/aromatic N) is 1. The molecule has 3 aromatic carbocycles. The molecule has 0 fully saturated rings. The largest absolute Gasteiger partial charge is 0.302 e. The van der Waals surface area contributed by atoms with Crippen molar-refractivity contribution in [1.29, 1.82) is 0 Å². The Labute approximate surface area is 187 Å². The number of amides is 1. The summed E-state index contributed by atoms with van der Waals surface area (Å²) in [7, 11) is 0. The van der Waals surface area contributed by atoms with Gasteiger partial charge in [-0.05, 0) is 30.5 Å². The summed E-state index contributed by atoms with van der Waals surface area (Å²) in [4.78, 5) is 18.5. The number of hydrogen-bond donors (Lipinski definition) is 1. The van der Waals surface area contributed by atoms with Crippen LogP contribution in [0.2, 0.25) is 0 Å². The van der Waals surface area contributed by atoms with Crippen LogP contribution in [0.4, 0.5) is 5.13 Å². The van der Waals surface area contributed by atoms with Crippen LogP contribution in [0.25, 0.3) is 0 Å². The number of rotatable bonds is 7. The molecule has 31 heavy (non-hydrogen) atoms. The van der Waals surface area contributed by atoms with Crippen LogP contribution in [0.3, 0.4) is 0 Å². The molecule has 1 heterocycles. The molecule has 0 saturated carbocycles. The van der Waals surface area contributed by atoms with Gasteiger partial charge in [-0.1, -0.05) is 90.0 Å². The highest BCUT2D eigenvalue weighted by Crippen LogP contribution is 2.29. The van der Waals surface area contributed by atoms with Crippen molar-refractivity contribution >= 4 is 22.4 Å². The third-order valence-electron chi connectivity index (χ3n) is 5.33. The standard InChI is InChI=1S/C27H26N2OS/c1-19-11-13-23(14-12-19)25(22-9-4-3-5-10-22)17-26(30)29-27-28-18-24(31-27)16-21-8-6-7-20(2)15-21/h3-15,18,25H,16-17H2,1-2H3,(H,28,29,30). The van der Waals surface area contributed by atoms with E-state index >= 15 is 0 Å². The Hall–Kier alpha value is -3.24. The number of thiazole rings is 1. The van der Waals surface area contributed by atoms with Gasteiger partial charge in [0.2, 0.25) is 5.91 Å². The molecule has 3 nitrogen and oxygen atoms in total. The third-order valence-corrected chi connectivity index (χ3v) is 6.24. The Bertz CT molecular complexity index is 1150. The average Bonchev–Trinajstić information content (AvgIpc) is 3.20. The lowest BCUT2D eigenvalue weighted by Gasteiger charge is -2.17. The highest BCUT2D eigenvalue weighted by Gasteiger charge is 2.19. The first-order chi connectivity index (χ1) is 15.1. The molecule has 0 bridgehead atoms. The SMILES string of the molecule is Cc1ccc(C(CC(=O)Nc2ncc(Cc3cccc(C)c3)s2)c2ccccc2)cc1. The number of nitrogens with one attached hydrogen (secondary N) is 1. The van der Waals surface area contributed by atoms with Gasteiger partial charge in [0.15, 0.2) is 5.13 Å². The summed E-state index contributed by atoms with van der Waals surface area (Å²) in [6.07, 6.45) is 3.06. The summed E-state index contributed by atoms with van der Waals surface area (Å²) in [5.74, 6) is -0.0144. The molecular weight excluding hydrogens is 400 g/mol. The fourth-order valence-corrected chi connectivity index (χ4v) is 4.60. The fourth-order valence-electron chi connectivity index (χ4n) is 3.74. The van der Waals surface area contributed by atoms with Gasteiger partial charge in [0, 0.05) is 29.8 Å². The minimum atomic E-state index is -0.0223. The maximum absolute atomic E-state index is 12.9. The molecule has 0 aliphatic rings. The summed E-state index contributed by atoms with van der Waals surface area (Å²) in [6.45, 7) is 4.17. The van der Waals surface area contributed by atoms with E-state index in [1.807, 2.05) is 24.4 Å². The first-order valence-corrected chi connectivity index (χ1v) is 11.3. The van der Waals surface area contributed by atoms with Crippen LogP contribution in [-0.4, -0.2) is 10.9 Å². The normalized spacial score (nSPS) is 11.8. The Balaban J connectivity index is 1.46. The van der Waals surface area contributed by atoms with E-state index in [9.17, 15) is 4.79 Å². The van der Waals surface area contributed by atoms with Crippen molar-refractivity contribution < 1.29 is 4.79 Å². The molecule has 0 aliphatic heterocycles. The molecule has 0 radical (unpaired) electrons. The highest BCUT2D eigenvalue weighted by molar-refractivity contribution is 7.15. The predicted octanol–water partition coefficient (Wildman–Crippen LogP) is 6.51. The lowest BCUT2D eigenvalue weighted by atomic mass is 9.88. The molecule has 0 aliphatic carbocycles. The van der Waals surface area contributed by atoms with Gasteiger partial charge in [-0.15, -0.1) is 11.3 Å². The van der Waals surface area contributed by atoms with Crippen molar-refractivity contribution in [3.05, 3.63) is 118 Å². The van der Waals surface area contributed by atoms with E-state index in [0.29, 0.717) is 11.6 Å². The summed E-state index contributed by atoms with van der Waals surface area (Å²) in [6, 6.07) is 27.1. The number of carbonyl (C=O) groups excluding carboxylic acids is 1. The van der Waals surface area contributed by atoms with Crippen molar-refractivity contribution in [2.75, 3.05) is 5.32 Å². The van der Waals surface area contributed by atoms with Crippen LogP contribution in [0.5, 0.6) is 0 Å². The van der Waals surface area contributed by atoms with Gasteiger partial charge in [0.1, 0.15) is 0 Å². The van der Waals surface area contributed by atoms with Crippen LogP contribution in [0.15, 0.2) is 85.1 Å². The van der Waals surface area contributed by atoms with E-state index in [-0.39, 0.29) is 11.8 Å². The predicted molar refractivity (Wildman–Crippen MR) is 129 cm³/mol. The molecule has 4 aromatic rings. The Morgan fingerprint density at radius 1 is 0.903 bits per heavy atom. The number of carbonyl (C=O) groups is 1. The molecule has 1 unspecified atom stereocenters. The summed E-state index contributed by atoms with van der Waals surface area (Å²) >= 11 is 1.54. The first-order valence-electron chi connectivity index (χ1n) is 10.5. The molecule has 1 N–H and O–H groups in total. The second kappa shape index (κ2) is 9.71. The minimum absolute atomic E-state index is 0.00790. The van der Waals surface area contributed by atoms with E-state index in [0.717, 1.165) is 22.4 Å². The molecule has 0 saturated heterocycles. The maximum Gasteiger partial charge on any atom is 0.227 e. The Morgan fingerprint density at radius 3 is 2.39 bits per heavy atom. The summed E-state index contributed by atoms with van der Waals surface area (Å²) in [5, 5.41) is 3.67. The number of anilines is 1. The Kier molecular flexibility index (Phi) is 6.58. The molecular formula is C27H26N2OS. The van der Waals surface area contributed by atoms with Gasteiger partial charge in [-0.3, -0.25) is 4.79 Å². The molecule has 156 valence electrons. The second-order valence-electron chi connectivity index (χ2n) is 7.92. The fraction of sp³-hybridized carbons (Fsp3) is 0.185. The minimum Gasteiger partial charge on any atom is -0.302 e. The van der Waals surface area contributed by atoms with Gasteiger partial charge < -0.3 is 5.32 Å². The van der Waals surface area contributed by atoms with Crippen molar-refractivity contribution in [3.63, 3.8) is 0 Å². The topological polar surface area (TPSA) is 42.0 Å². The number of aromatic nitrogens is 1. The van der Waals surface area contributed by atoms with E-state index in [2.05, 4.69) is 84.8 Å². The molecule has 4 rings (SSSR count). The van der Waals surface area contributed by atoms with E-state index < -0.39 is 0 Å². The number of aryl methyl sites for hydroxylation is 2. The first kappa shape index (κ1) is 21.0. The van der Waals surface area contributed by atoms with Crippen LogP contribution in [0, 0.1) is 13.8 Å². The molecule has 4 heteroatoms. The summed E-state index contributed by atoms with van der Waals surface area (Å²) < 4.78 is 0. The lowest BCUT2D eigenvalue weighted by Crippen LogP contribution is -2.16. The van der Waals surface area contributed by atoms with Crippen molar-refractivity contribution in [2.45, 2.75) is 32.6 Å². The number of benzene rings is 3. The molecule has 1 atom stereocenters. The quantitative estimate of drug-likeness (QED) is 0.366. The Morgan fingerprint density at radius 2 is 1.65 bits per heavy atom. The van der Waals surface area contributed by atoms with Crippen LogP contribution < -0.4 is 5.32 Å². The summed E-state index contributed by atoms with van der Waals surface area (Å²) in [5.41, 5.74) is 6.00. The van der Waals surface area contributed by atoms with Crippen LogP contribution in [0.1, 0.15) is 45.0 Å². The van der Waals surface area contributed by atoms with E-state index in [1.54, 1.807) is 0 Å². The monoisotopic (exact) mass is 426 g/mol. The third kappa shape index (κ3) is 5.68. The second-order valence-corrected chi connectivity index (χ2v) is 9.04. The van der Waals surface area contributed by atoms with Gasteiger partial charge in [-0.25, -0.2) is 4.98 Å². The zero-order valence-corrected chi connectivity index (χ0v) is 18.7. The number of hydrogen-bond acceptors (Lipinski definition) is 3. The molecule has 1 aromatic heterocycles. The highest BCUT2D eigenvalue weighted by atomic mass is 32.1.